The third kappa shape index (κ3) is 1.72. The molecule has 2 aromatic rings. The quantitative estimate of drug-likeness (QED) is 0.842. The number of nitrogens with zero attached hydrogens (tertiary/aromatic N) is 2. The van der Waals surface area contributed by atoms with Gasteiger partial charge in [0.15, 0.2) is 0 Å². The van der Waals surface area contributed by atoms with Gasteiger partial charge in [0.2, 0.25) is 0 Å². The van der Waals surface area contributed by atoms with Crippen LogP contribution in [0.1, 0.15) is 37.4 Å². The summed E-state index contributed by atoms with van der Waals surface area (Å²) in [6.45, 7) is 2.83. The molecule has 96 valence electrons. The summed E-state index contributed by atoms with van der Waals surface area (Å²) in [6.07, 6.45) is 5.59. The van der Waals surface area contributed by atoms with Crippen LogP contribution in [-0.4, -0.2) is 16.2 Å². The van der Waals surface area contributed by atoms with Crippen LogP contribution >= 0.6 is 0 Å². The number of nitrogens with two attached hydrogens (primary N) is 1. The van der Waals surface area contributed by atoms with E-state index >= 15 is 0 Å². The Morgan fingerprint density at radius 1 is 1.39 bits per heavy atom. The molecule has 4 heteroatoms. The molecule has 0 atom stereocenters. The van der Waals surface area contributed by atoms with Crippen LogP contribution < -0.4 is 10.5 Å². The van der Waals surface area contributed by atoms with Crippen LogP contribution in [0.5, 0.6) is 5.88 Å². The first-order chi connectivity index (χ1) is 8.81. The van der Waals surface area contributed by atoms with E-state index in [-0.39, 0.29) is 0 Å². The molecule has 0 aromatic carbocycles. The second-order valence-corrected chi connectivity index (χ2v) is 4.88. The summed E-state index contributed by atoms with van der Waals surface area (Å²) >= 11 is 0. The number of anilines is 1. The van der Waals surface area contributed by atoms with Crippen molar-refractivity contribution in [3.8, 4) is 5.88 Å². The van der Waals surface area contributed by atoms with E-state index in [2.05, 4.69) is 24.2 Å². The Hall–Kier alpha value is -1.71. The van der Waals surface area contributed by atoms with Crippen molar-refractivity contribution in [3.63, 3.8) is 0 Å². The smallest absolute Gasteiger partial charge is 0.257 e. The minimum absolute atomic E-state index is 0.587. The molecular formula is C14H19N3O. The number of aromatic nitrogens is 2. The largest absolute Gasteiger partial charge is 0.475 e. The number of aryl methyl sites for hydroxylation is 2. The van der Waals surface area contributed by atoms with Gasteiger partial charge in [-0.25, -0.2) is 4.52 Å². The molecule has 2 aromatic heterocycles. The fourth-order valence-electron chi connectivity index (χ4n) is 2.56. The van der Waals surface area contributed by atoms with Crippen molar-refractivity contribution >= 4 is 11.2 Å². The summed E-state index contributed by atoms with van der Waals surface area (Å²) in [6, 6.07) is 4.23. The highest BCUT2D eigenvalue weighted by atomic mass is 16.5. The maximum Gasteiger partial charge on any atom is 0.257 e. The Morgan fingerprint density at radius 2 is 2.28 bits per heavy atom. The predicted octanol–water partition coefficient (Wildman–Crippen LogP) is 2.58. The number of nitrogen functional groups attached to an aromatic ring is 1. The van der Waals surface area contributed by atoms with Gasteiger partial charge in [0.25, 0.3) is 5.88 Å². The van der Waals surface area contributed by atoms with Crippen molar-refractivity contribution in [1.29, 1.82) is 0 Å². The molecule has 2 heterocycles. The third-order valence-corrected chi connectivity index (χ3v) is 3.59. The molecule has 0 aliphatic heterocycles. The van der Waals surface area contributed by atoms with Gasteiger partial charge < -0.3 is 10.5 Å². The van der Waals surface area contributed by atoms with Gasteiger partial charge in [-0.05, 0) is 37.3 Å². The SMILES string of the molecule is CCCCOc1nn2c3c(ccc2c1N)CCC3. The van der Waals surface area contributed by atoms with Gasteiger partial charge in [-0.1, -0.05) is 19.4 Å². The van der Waals surface area contributed by atoms with Crippen LogP contribution in [0.25, 0.3) is 5.52 Å². The summed E-state index contributed by atoms with van der Waals surface area (Å²) in [5.41, 5.74) is 10.4. The second-order valence-electron chi connectivity index (χ2n) is 4.88. The van der Waals surface area contributed by atoms with Gasteiger partial charge >= 0.3 is 0 Å². The Balaban J connectivity index is 1.99. The molecule has 1 aliphatic carbocycles. The highest BCUT2D eigenvalue weighted by Gasteiger charge is 2.18. The molecule has 0 spiro atoms. The van der Waals surface area contributed by atoms with Crippen LogP contribution in [0.4, 0.5) is 5.69 Å². The van der Waals surface area contributed by atoms with Gasteiger partial charge in [-0.3, -0.25) is 0 Å². The third-order valence-electron chi connectivity index (χ3n) is 3.59. The van der Waals surface area contributed by atoms with Crippen molar-refractivity contribution in [2.45, 2.75) is 39.0 Å². The Morgan fingerprint density at radius 3 is 3.11 bits per heavy atom. The average Bonchev–Trinajstić information content (AvgIpc) is 2.95. The molecule has 0 unspecified atom stereocenters. The van der Waals surface area contributed by atoms with Crippen molar-refractivity contribution in [2.24, 2.45) is 0 Å². The molecule has 2 N–H and O–H groups in total. The standard InChI is InChI=1S/C14H19N3O/c1-2-3-9-18-14-13(15)12-8-7-10-5-4-6-11(10)17(12)16-14/h7-8H,2-6,9,15H2,1H3. The topological polar surface area (TPSA) is 52.5 Å². The number of hydrogen-bond donors (Lipinski definition) is 1. The lowest BCUT2D eigenvalue weighted by molar-refractivity contribution is 0.297. The van der Waals surface area contributed by atoms with Gasteiger partial charge in [-0.2, -0.15) is 0 Å². The number of fused-ring (bicyclic) bond motifs is 3. The number of hydrogen-bond acceptors (Lipinski definition) is 3. The lowest BCUT2D eigenvalue weighted by atomic mass is 10.2. The van der Waals surface area contributed by atoms with E-state index in [0.29, 0.717) is 18.2 Å². The molecule has 0 radical (unpaired) electrons. The van der Waals surface area contributed by atoms with Crippen LogP contribution in [0.15, 0.2) is 12.1 Å². The number of unbranched alkanes of at least 4 members (excludes halogenated alkanes) is 1. The highest BCUT2D eigenvalue weighted by molar-refractivity contribution is 5.75. The second kappa shape index (κ2) is 4.52. The molecule has 0 saturated heterocycles. The molecule has 4 nitrogen and oxygen atoms in total. The van der Waals surface area contributed by atoms with Crippen molar-refractivity contribution < 1.29 is 4.74 Å². The van der Waals surface area contributed by atoms with E-state index in [1.807, 2.05) is 4.52 Å². The lowest BCUT2D eigenvalue weighted by Gasteiger charge is -2.01. The first-order valence-electron chi connectivity index (χ1n) is 6.73. The lowest BCUT2D eigenvalue weighted by Crippen LogP contribution is -2.00. The van der Waals surface area contributed by atoms with Crippen molar-refractivity contribution in [2.75, 3.05) is 12.3 Å². The first-order valence-corrected chi connectivity index (χ1v) is 6.73. The zero-order valence-electron chi connectivity index (χ0n) is 10.8. The van der Waals surface area contributed by atoms with E-state index in [9.17, 15) is 0 Å². The summed E-state index contributed by atoms with van der Waals surface area (Å²) < 4.78 is 7.64. The van der Waals surface area contributed by atoms with E-state index in [1.165, 1.54) is 17.7 Å². The van der Waals surface area contributed by atoms with Crippen molar-refractivity contribution in [3.05, 3.63) is 23.4 Å². The summed E-state index contributed by atoms with van der Waals surface area (Å²) in [4.78, 5) is 0. The molecule has 3 rings (SSSR count). The first kappa shape index (κ1) is 11.4. The van der Waals surface area contributed by atoms with E-state index in [1.54, 1.807) is 0 Å². The molecule has 18 heavy (non-hydrogen) atoms. The maximum atomic E-state index is 6.11. The normalized spacial score (nSPS) is 14.1. The minimum atomic E-state index is 0.587. The van der Waals surface area contributed by atoms with Crippen molar-refractivity contribution in [1.82, 2.24) is 9.61 Å². The maximum absolute atomic E-state index is 6.11. The Labute approximate surface area is 107 Å². The van der Waals surface area contributed by atoms with Gasteiger partial charge in [0.1, 0.15) is 5.69 Å². The molecule has 0 fully saturated rings. The molecule has 0 amide bonds. The van der Waals surface area contributed by atoms with E-state index < -0.39 is 0 Å². The predicted molar refractivity (Wildman–Crippen MR) is 72.0 cm³/mol. The van der Waals surface area contributed by atoms with Gasteiger partial charge in [0.05, 0.1) is 12.1 Å². The molecule has 1 aliphatic rings. The number of pyridine rings is 1. The Kier molecular flexibility index (Phi) is 2.86. The monoisotopic (exact) mass is 245 g/mol. The zero-order chi connectivity index (χ0) is 12.5. The summed E-state index contributed by atoms with van der Waals surface area (Å²) in [5.74, 6) is 0.587. The van der Waals surface area contributed by atoms with Gasteiger partial charge in [0, 0.05) is 5.69 Å². The van der Waals surface area contributed by atoms with E-state index in [0.717, 1.165) is 31.2 Å². The van der Waals surface area contributed by atoms with Crippen LogP contribution in [0.2, 0.25) is 0 Å². The fraction of sp³-hybridized carbons (Fsp3) is 0.500. The zero-order valence-corrected chi connectivity index (χ0v) is 10.8. The summed E-state index contributed by atoms with van der Waals surface area (Å²) in [7, 11) is 0. The van der Waals surface area contributed by atoms with Crippen LogP contribution in [0, 0.1) is 0 Å². The van der Waals surface area contributed by atoms with Gasteiger partial charge in [-0.15, -0.1) is 5.10 Å². The Bertz CT molecular complexity index is 574. The molecular weight excluding hydrogens is 226 g/mol. The van der Waals surface area contributed by atoms with Crippen LogP contribution in [0.3, 0.4) is 0 Å². The van der Waals surface area contributed by atoms with E-state index in [4.69, 9.17) is 10.5 Å². The average molecular weight is 245 g/mol. The minimum Gasteiger partial charge on any atom is -0.475 e. The number of ether oxygens (including phenoxy) is 1. The fourth-order valence-corrected chi connectivity index (χ4v) is 2.56. The summed E-state index contributed by atoms with van der Waals surface area (Å²) in [5, 5.41) is 4.53. The highest BCUT2D eigenvalue weighted by Crippen LogP contribution is 2.30. The molecule has 0 bridgehead atoms. The van der Waals surface area contributed by atoms with Crippen LogP contribution in [-0.2, 0) is 12.8 Å². The molecule has 0 saturated carbocycles. The number of rotatable bonds is 4.